The van der Waals surface area contributed by atoms with Crippen LogP contribution in [0, 0.1) is 5.41 Å². The molecule has 0 radical (unpaired) electrons. The Labute approximate surface area is 143 Å². The number of benzene rings is 2. The maximum absolute atomic E-state index is 12.1. The molecule has 0 fully saturated rings. The Bertz CT molecular complexity index is 820. The summed E-state index contributed by atoms with van der Waals surface area (Å²) >= 11 is 0. The summed E-state index contributed by atoms with van der Waals surface area (Å²) in [6.45, 7) is -0.177. The van der Waals surface area contributed by atoms with E-state index in [0.29, 0.717) is 22.4 Å². The number of anilines is 1. The Hall–Kier alpha value is -3.55. The first-order valence-corrected chi connectivity index (χ1v) is 7.37. The van der Waals surface area contributed by atoms with E-state index < -0.39 is 5.97 Å². The summed E-state index contributed by atoms with van der Waals surface area (Å²) in [5.74, 6) is -1.57. The largest absolute Gasteiger partial charge is 0.508 e. The molecule has 0 saturated carbocycles. The van der Waals surface area contributed by atoms with Crippen LogP contribution in [0.5, 0.6) is 5.75 Å². The van der Waals surface area contributed by atoms with Crippen molar-refractivity contribution in [1.29, 1.82) is 5.41 Å². The minimum atomic E-state index is -1.04. The zero-order valence-electron chi connectivity index (χ0n) is 13.2. The highest BCUT2D eigenvalue weighted by Crippen LogP contribution is 2.18. The van der Waals surface area contributed by atoms with Crippen molar-refractivity contribution in [2.45, 2.75) is 6.54 Å². The van der Waals surface area contributed by atoms with Crippen molar-refractivity contribution >= 4 is 23.4 Å². The fourth-order valence-corrected chi connectivity index (χ4v) is 2.16. The van der Waals surface area contributed by atoms with Gasteiger partial charge in [0, 0.05) is 23.4 Å². The van der Waals surface area contributed by atoms with Crippen LogP contribution >= 0.6 is 0 Å². The molecule has 0 aliphatic heterocycles. The number of nitrogens with one attached hydrogen (secondary N) is 3. The number of phenols is 1. The van der Waals surface area contributed by atoms with Gasteiger partial charge in [0.25, 0.3) is 5.91 Å². The highest BCUT2D eigenvalue weighted by Gasteiger charge is 2.10. The third-order valence-corrected chi connectivity index (χ3v) is 3.40. The number of carbonyl (C=O) groups excluding carboxylic acids is 1. The summed E-state index contributed by atoms with van der Waals surface area (Å²) in [6.07, 6.45) is 0. The van der Waals surface area contributed by atoms with Gasteiger partial charge in [-0.1, -0.05) is 18.2 Å². The van der Waals surface area contributed by atoms with Gasteiger partial charge in [-0.2, -0.15) is 0 Å². The second-order valence-electron chi connectivity index (χ2n) is 5.27. The number of aromatic hydroxyl groups is 1. The molecule has 0 unspecified atom stereocenters. The molecule has 0 aliphatic rings. The lowest BCUT2D eigenvalue weighted by Gasteiger charge is -2.13. The van der Waals surface area contributed by atoms with Crippen LogP contribution < -0.4 is 16.4 Å². The second kappa shape index (κ2) is 7.82. The molecule has 8 nitrogen and oxygen atoms in total. The van der Waals surface area contributed by atoms with Crippen molar-refractivity contribution in [1.82, 2.24) is 5.32 Å². The summed E-state index contributed by atoms with van der Waals surface area (Å²) in [4.78, 5) is 22.9. The third-order valence-electron chi connectivity index (χ3n) is 3.40. The molecule has 0 atom stereocenters. The Morgan fingerprint density at radius 3 is 2.52 bits per heavy atom. The summed E-state index contributed by atoms with van der Waals surface area (Å²) < 4.78 is 0. The van der Waals surface area contributed by atoms with Crippen LogP contribution in [-0.4, -0.2) is 34.5 Å². The molecular weight excluding hydrogens is 324 g/mol. The Morgan fingerprint density at radius 1 is 1.12 bits per heavy atom. The molecule has 0 heterocycles. The normalized spacial score (nSPS) is 10.1. The van der Waals surface area contributed by atoms with Crippen molar-refractivity contribution < 1.29 is 19.8 Å². The van der Waals surface area contributed by atoms with Crippen LogP contribution in [0.2, 0.25) is 0 Å². The SMILES string of the molecule is N=C(N)c1ccc(CNC(=O)c2cccc(O)c2)c(NCC(=O)O)c1. The minimum Gasteiger partial charge on any atom is -0.508 e. The minimum absolute atomic E-state index is 0.0118. The van der Waals surface area contributed by atoms with E-state index in [1.54, 1.807) is 30.3 Å². The second-order valence-corrected chi connectivity index (χ2v) is 5.27. The highest BCUT2D eigenvalue weighted by molar-refractivity contribution is 5.96. The van der Waals surface area contributed by atoms with Gasteiger partial charge in [0.05, 0.1) is 0 Å². The average molecular weight is 342 g/mol. The lowest BCUT2D eigenvalue weighted by atomic mass is 10.1. The first-order valence-electron chi connectivity index (χ1n) is 7.37. The van der Waals surface area contributed by atoms with Crippen molar-refractivity contribution in [3.63, 3.8) is 0 Å². The number of hydrogen-bond donors (Lipinski definition) is 6. The standard InChI is InChI=1S/C17H18N4O4/c18-16(19)10-4-5-12(14(7-10)20-9-15(23)24)8-21-17(25)11-2-1-3-13(22)6-11/h1-7,20,22H,8-9H2,(H3,18,19)(H,21,25)(H,23,24). The monoisotopic (exact) mass is 342 g/mol. The van der Waals surface area contributed by atoms with E-state index in [9.17, 15) is 14.7 Å². The van der Waals surface area contributed by atoms with Gasteiger partial charge in [0.2, 0.25) is 0 Å². The molecule has 2 aromatic carbocycles. The lowest BCUT2D eigenvalue weighted by molar-refractivity contribution is -0.134. The molecule has 7 N–H and O–H groups in total. The lowest BCUT2D eigenvalue weighted by Crippen LogP contribution is -2.24. The van der Waals surface area contributed by atoms with Crippen molar-refractivity contribution in [2.75, 3.05) is 11.9 Å². The molecule has 130 valence electrons. The highest BCUT2D eigenvalue weighted by atomic mass is 16.4. The molecule has 2 aromatic rings. The summed E-state index contributed by atoms with van der Waals surface area (Å²) in [5, 5.41) is 31.1. The van der Waals surface area contributed by atoms with E-state index in [2.05, 4.69) is 10.6 Å². The summed E-state index contributed by atoms with van der Waals surface area (Å²) in [6, 6.07) is 10.8. The van der Waals surface area contributed by atoms with E-state index in [0.717, 1.165) is 0 Å². The molecule has 25 heavy (non-hydrogen) atoms. The van der Waals surface area contributed by atoms with Gasteiger partial charge in [0.1, 0.15) is 18.1 Å². The molecule has 0 aromatic heterocycles. The van der Waals surface area contributed by atoms with Crippen LogP contribution in [0.15, 0.2) is 42.5 Å². The molecule has 0 spiro atoms. The van der Waals surface area contributed by atoms with Gasteiger partial charge in [-0.15, -0.1) is 0 Å². The van der Waals surface area contributed by atoms with E-state index in [1.165, 1.54) is 12.1 Å². The van der Waals surface area contributed by atoms with Crippen LogP contribution in [-0.2, 0) is 11.3 Å². The predicted octanol–water partition coefficient (Wildman–Crippen LogP) is 1.10. The van der Waals surface area contributed by atoms with Gasteiger partial charge in [0.15, 0.2) is 0 Å². The number of carboxylic acids is 1. The van der Waals surface area contributed by atoms with Crippen LogP contribution in [0.3, 0.4) is 0 Å². The number of nitrogens with two attached hydrogens (primary N) is 1. The van der Waals surface area contributed by atoms with E-state index in [-0.39, 0.29) is 30.6 Å². The Kier molecular flexibility index (Phi) is 5.57. The van der Waals surface area contributed by atoms with Gasteiger partial charge >= 0.3 is 5.97 Å². The molecule has 1 amide bonds. The van der Waals surface area contributed by atoms with Crippen molar-refractivity contribution in [3.8, 4) is 5.75 Å². The van der Waals surface area contributed by atoms with E-state index in [1.807, 2.05) is 0 Å². The zero-order chi connectivity index (χ0) is 18.4. The Morgan fingerprint density at radius 2 is 1.88 bits per heavy atom. The number of rotatable bonds is 7. The zero-order valence-corrected chi connectivity index (χ0v) is 13.2. The number of amides is 1. The Balaban J connectivity index is 2.15. The topological polar surface area (TPSA) is 149 Å². The molecule has 0 aliphatic carbocycles. The number of phenolic OH excluding ortho intramolecular Hbond substituents is 1. The molecule has 0 saturated heterocycles. The number of hydrogen-bond acceptors (Lipinski definition) is 5. The molecule has 8 heteroatoms. The van der Waals surface area contributed by atoms with Gasteiger partial charge in [-0.25, -0.2) is 0 Å². The van der Waals surface area contributed by atoms with Crippen LogP contribution in [0.1, 0.15) is 21.5 Å². The van der Waals surface area contributed by atoms with E-state index >= 15 is 0 Å². The number of carboxylic acid groups (broad SMARTS) is 1. The quantitative estimate of drug-likeness (QED) is 0.328. The van der Waals surface area contributed by atoms with Gasteiger partial charge in [-0.05, 0) is 29.8 Å². The van der Waals surface area contributed by atoms with Gasteiger partial charge in [-0.3, -0.25) is 15.0 Å². The van der Waals surface area contributed by atoms with E-state index in [4.69, 9.17) is 16.2 Å². The fraction of sp³-hybridized carbons (Fsp3) is 0.118. The first kappa shape index (κ1) is 17.8. The number of nitrogen functional groups attached to an aromatic ring is 1. The maximum atomic E-state index is 12.1. The molecular formula is C17H18N4O4. The summed E-state index contributed by atoms with van der Waals surface area (Å²) in [7, 11) is 0. The average Bonchev–Trinajstić information content (AvgIpc) is 2.57. The number of carbonyl (C=O) groups is 2. The molecule has 0 bridgehead atoms. The smallest absolute Gasteiger partial charge is 0.322 e. The first-order chi connectivity index (χ1) is 11.9. The summed E-state index contributed by atoms with van der Waals surface area (Å²) in [5.41, 5.74) is 7.30. The van der Waals surface area contributed by atoms with Crippen molar-refractivity contribution in [3.05, 3.63) is 59.2 Å². The van der Waals surface area contributed by atoms with Crippen molar-refractivity contribution in [2.24, 2.45) is 5.73 Å². The number of aliphatic carboxylic acids is 1. The maximum Gasteiger partial charge on any atom is 0.322 e. The fourth-order valence-electron chi connectivity index (χ4n) is 2.16. The van der Waals surface area contributed by atoms with Crippen LogP contribution in [0.4, 0.5) is 5.69 Å². The number of amidine groups is 1. The van der Waals surface area contributed by atoms with Crippen LogP contribution in [0.25, 0.3) is 0 Å². The van der Waals surface area contributed by atoms with Gasteiger partial charge < -0.3 is 26.6 Å². The predicted molar refractivity (Wildman–Crippen MR) is 92.9 cm³/mol. The third kappa shape index (κ3) is 4.96. The molecule has 2 rings (SSSR count).